The number of ether oxygens (including phenoxy) is 3. The second-order valence-electron chi connectivity index (χ2n) is 4.00. The molecule has 0 aliphatic carbocycles. The quantitative estimate of drug-likeness (QED) is 0.595. The molecule has 1 aromatic rings. The topological polar surface area (TPSA) is 91.0 Å². The smallest absolute Gasteiger partial charge is 0.326 e. The van der Waals surface area contributed by atoms with Crippen LogP contribution < -0.4 is 15.2 Å². The highest BCUT2D eigenvalue weighted by molar-refractivity contribution is 5.76. The monoisotopic (exact) mass is 265 g/mol. The number of esters is 1. The van der Waals surface area contributed by atoms with Gasteiger partial charge in [-0.1, -0.05) is 18.7 Å². The fourth-order valence-electron chi connectivity index (χ4n) is 1.67. The molecule has 19 heavy (non-hydrogen) atoms. The molecule has 1 aromatic carbocycles. The third-order valence-electron chi connectivity index (χ3n) is 2.69. The van der Waals surface area contributed by atoms with Crippen LogP contribution in [0.4, 0.5) is 0 Å². The number of aliphatic hydroxyl groups excluding tert-OH is 1. The van der Waals surface area contributed by atoms with Crippen molar-refractivity contribution < 1.29 is 24.1 Å². The summed E-state index contributed by atoms with van der Waals surface area (Å²) in [5.41, 5.74) is 6.11. The van der Waals surface area contributed by atoms with Crippen molar-refractivity contribution >= 4 is 5.97 Å². The highest BCUT2D eigenvalue weighted by atomic mass is 16.7. The average Bonchev–Trinajstić information content (AvgIpc) is 2.90. The number of rotatable bonds is 5. The van der Waals surface area contributed by atoms with Gasteiger partial charge in [0.2, 0.25) is 6.79 Å². The van der Waals surface area contributed by atoms with E-state index < -0.39 is 18.1 Å². The van der Waals surface area contributed by atoms with Crippen LogP contribution in [0.1, 0.15) is 11.7 Å². The van der Waals surface area contributed by atoms with Gasteiger partial charge >= 0.3 is 5.97 Å². The summed E-state index contributed by atoms with van der Waals surface area (Å²) in [6.07, 6.45) is 0.254. The van der Waals surface area contributed by atoms with Crippen LogP contribution in [0.25, 0.3) is 0 Å². The van der Waals surface area contributed by atoms with E-state index in [1.165, 1.54) is 6.08 Å². The lowest BCUT2D eigenvalue weighted by Crippen LogP contribution is -2.38. The minimum atomic E-state index is -1.17. The molecule has 6 nitrogen and oxygen atoms in total. The summed E-state index contributed by atoms with van der Waals surface area (Å²) in [5, 5.41) is 10.0. The lowest BCUT2D eigenvalue weighted by Gasteiger charge is -2.17. The first-order chi connectivity index (χ1) is 9.13. The first-order valence-corrected chi connectivity index (χ1v) is 5.74. The Hall–Kier alpha value is -2.05. The zero-order chi connectivity index (χ0) is 13.8. The van der Waals surface area contributed by atoms with E-state index in [2.05, 4.69) is 6.58 Å². The van der Waals surface area contributed by atoms with Gasteiger partial charge in [0.15, 0.2) is 11.5 Å². The normalized spacial score (nSPS) is 15.7. The van der Waals surface area contributed by atoms with Crippen LogP contribution >= 0.6 is 0 Å². The Kier molecular flexibility index (Phi) is 4.03. The van der Waals surface area contributed by atoms with Crippen LogP contribution in [-0.4, -0.2) is 30.5 Å². The molecular weight excluding hydrogens is 250 g/mol. The molecule has 2 rings (SSSR count). The van der Waals surface area contributed by atoms with Gasteiger partial charge in [-0.25, -0.2) is 0 Å². The van der Waals surface area contributed by atoms with Crippen LogP contribution in [0.3, 0.4) is 0 Å². The van der Waals surface area contributed by atoms with Crippen LogP contribution in [0, 0.1) is 0 Å². The van der Waals surface area contributed by atoms with Gasteiger partial charge < -0.3 is 25.1 Å². The summed E-state index contributed by atoms with van der Waals surface area (Å²) < 4.78 is 15.1. The van der Waals surface area contributed by atoms with E-state index in [1.54, 1.807) is 18.2 Å². The molecule has 0 radical (unpaired) electrons. The molecule has 102 valence electrons. The third kappa shape index (κ3) is 2.86. The summed E-state index contributed by atoms with van der Waals surface area (Å²) in [6.45, 7) is 3.62. The third-order valence-corrected chi connectivity index (χ3v) is 2.69. The molecular formula is C13H15NO5. The molecule has 0 bridgehead atoms. The van der Waals surface area contributed by atoms with Crippen molar-refractivity contribution in [2.45, 2.75) is 12.1 Å². The number of carbonyl (C=O) groups excluding carboxylic acids is 1. The van der Waals surface area contributed by atoms with Crippen molar-refractivity contribution in [3.05, 3.63) is 36.4 Å². The van der Waals surface area contributed by atoms with Gasteiger partial charge in [-0.05, 0) is 17.7 Å². The number of hydrogen-bond donors (Lipinski definition) is 2. The Balaban J connectivity index is 2.08. The molecule has 1 aliphatic heterocycles. The fourth-order valence-corrected chi connectivity index (χ4v) is 1.67. The van der Waals surface area contributed by atoms with Crippen molar-refractivity contribution in [2.24, 2.45) is 5.73 Å². The van der Waals surface area contributed by atoms with Crippen molar-refractivity contribution in [3.63, 3.8) is 0 Å². The van der Waals surface area contributed by atoms with Gasteiger partial charge in [-0.15, -0.1) is 0 Å². The Morgan fingerprint density at radius 3 is 3.00 bits per heavy atom. The number of aliphatic hydroxyl groups is 1. The molecule has 0 saturated heterocycles. The Labute approximate surface area is 110 Å². The fraction of sp³-hybridized carbons (Fsp3) is 0.308. The van der Waals surface area contributed by atoms with Gasteiger partial charge in [-0.2, -0.15) is 0 Å². The van der Waals surface area contributed by atoms with Crippen LogP contribution in [-0.2, 0) is 9.53 Å². The van der Waals surface area contributed by atoms with Crippen LogP contribution in [0.5, 0.6) is 11.5 Å². The number of carbonyl (C=O) groups is 1. The molecule has 6 heteroatoms. The maximum atomic E-state index is 11.5. The van der Waals surface area contributed by atoms with E-state index in [-0.39, 0.29) is 13.4 Å². The highest BCUT2D eigenvalue weighted by Gasteiger charge is 2.27. The number of fused-ring (bicyclic) bond motifs is 1. The second-order valence-corrected chi connectivity index (χ2v) is 4.00. The molecule has 0 amide bonds. The van der Waals surface area contributed by atoms with Crippen molar-refractivity contribution in [3.8, 4) is 11.5 Å². The summed E-state index contributed by atoms with van der Waals surface area (Å²) in [5.74, 6) is 0.423. The number of nitrogens with two attached hydrogens (primary N) is 1. The van der Waals surface area contributed by atoms with E-state index >= 15 is 0 Å². The average molecular weight is 265 g/mol. The Bertz CT molecular complexity index is 488. The molecule has 0 saturated carbocycles. The molecule has 3 N–H and O–H groups in total. The molecule has 0 spiro atoms. The van der Waals surface area contributed by atoms with Crippen molar-refractivity contribution in [2.75, 3.05) is 13.4 Å². The zero-order valence-electron chi connectivity index (χ0n) is 10.2. The van der Waals surface area contributed by atoms with Gasteiger partial charge in [0, 0.05) is 0 Å². The Morgan fingerprint density at radius 1 is 1.53 bits per heavy atom. The summed E-state index contributed by atoms with van der Waals surface area (Å²) in [6, 6.07) is 3.70. The zero-order valence-corrected chi connectivity index (χ0v) is 10.2. The van der Waals surface area contributed by atoms with Crippen LogP contribution in [0.2, 0.25) is 0 Å². The minimum Gasteiger partial charge on any atom is -0.460 e. The molecule has 1 aliphatic rings. The SMILES string of the molecule is C=CCOC(=O)C(N)C(O)c1ccc2c(c1)OCO2. The Morgan fingerprint density at radius 2 is 2.26 bits per heavy atom. The summed E-state index contributed by atoms with van der Waals surface area (Å²) in [7, 11) is 0. The maximum Gasteiger partial charge on any atom is 0.326 e. The van der Waals surface area contributed by atoms with Crippen molar-refractivity contribution in [1.82, 2.24) is 0 Å². The first kappa shape index (κ1) is 13.4. The van der Waals surface area contributed by atoms with Gasteiger partial charge in [0.25, 0.3) is 0 Å². The van der Waals surface area contributed by atoms with E-state index in [0.29, 0.717) is 17.1 Å². The maximum absolute atomic E-state index is 11.5. The highest BCUT2D eigenvalue weighted by Crippen LogP contribution is 2.34. The van der Waals surface area contributed by atoms with Crippen LogP contribution in [0.15, 0.2) is 30.9 Å². The van der Waals surface area contributed by atoms with E-state index in [1.807, 2.05) is 0 Å². The predicted molar refractivity (Wildman–Crippen MR) is 66.7 cm³/mol. The van der Waals surface area contributed by atoms with Gasteiger partial charge in [-0.3, -0.25) is 4.79 Å². The van der Waals surface area contributed by atoms with E-state index in [9.17, 15) is 9.90 Å². The van der Waals surface area contributed by atoms with E-state index in [4.69, 9.17) is 19.9 Å². The largest absolute Gasteiger partial charge is 0.460 e. The summed E-state index contributed by atoms with van der Waals surface area (Å²) in [4.78, 5) is 11.5. The lowest BCUT2D eigenvalue weighted by atomic mass is 10.0. The summed E-state index contributed by atoms with van der Waals surface area (Å²) >= 11 is 0. The first-order valence-electron chi connectivity index (χ1n) is 5.74. The standard InChI is InChI=1S/C13H15NO5/c1-2-5-17-13(16)11(14)12(15)8-3-4-9-10(6-8)19-7-18-9/h2-4,6,11-12,15H,1,5,7,14H2. The van der Waals surface area contributed by atoms with Gasteiger partial charge in [0.05, 0.1) is 0 Å². The molecule has 0 aromatic heterocycles. The van der Waals surface area contributed by atoms with Crippen molar-refractivity contribution in [1.29, 1.82) is 0 Å². The second kappa shape index (κ2) is 5.73. The lowest BCUT2D eigenvalue weighted by molar-refractivity contribution is -0.146. The molecule has 1 heterocycles. The number of hydrogen-bond acceptors (Lipinski definition) is 6. The molecule has 0 fully saturated rings. The van der Waals surface area contributed by atoms with E-state index in [0.717, 1.165) is 0 Å². The predicted octanol–water partition coefficient (Wildman–Crippen LogP) is 0.505. The number of benzene rings is 1. The molecule has 2 atom stereocenters. The minimum absolute atomic E-state index is 0.0559. The van der Waals surface area contributed by atoms with Gasteiger partial charge in [0.1, 0.15) is 18.8 Å². The molecule has 2 unspecified atom stereocenters.